The van der Waals surface area contributed by atoms with Gasteiger partial charge < -0.3 is 20.3 Å². The van der Waals surface area contributed by atoms with Crippen molar-refractivity contribution < 1.29 is 24.5 Å². The molecule has 65 heavy (non-hydrogen) atoms. The molecule has 0 aromatic carbocycles. The van der Waals surface area contributed by atoms with Gasteiger partial charge >= 0.3 is 5.97 Å². The largest absolute Gasteiger partial charge is 0.466 e. The van der Waals surface area contributed by atoms with Crippen molar-refractivity contribution in [2.45, 2.75) is 315 Å². The Hall–Kier alpha value is -1.92. The lowest BCUT2D eigenvalue weighted by molar-refractivity contribution is -0.143. The number of amides is 1. The molecule has 0 aromatic heterocycles. The molecule has 6 nitrogen and oxygen atoms in total. The Morgan fingerprint density at radius 2 is 0.785 bits per heavy atom. The zero-order valence-electron chi connectivity index (χ0n) is 43.5. The van der Waals surface area contributed by atoms with Gasteiger partial charge in [0.15, 0.2) is 0 Å². The lowest BCUT2D eigenvalue weighted by Crippen LogP contribution is -2.45. The highest BCUT2D eigenvalue weighted by Crippen LogP contribution is 2.16. The Morgan fingerprint density at radius 1 is 0.431 bits per heavy atom. The lowest BCUT2D eigenvalue weighted by atomic mass is 10.0. The summed E-state index contributed by atoms with van der Waals surface area (Å²) in [5.41, 5.74) is 0. The normalized spacial score (nSPS) is 12.9. The Morgan fingerprint density at radius 3 is 1.23 bits per heavy atom. The highest BCUT2D eigenvalue weighted by molar-refractivity contribution is 5.76. The Labute approximate surface area is 404 Å². The Balaban J connectivity index is 3.46. The third kappa shape index (κ3) is 51.3. The predicted molar refractivity (Wildman–Crippen MR) is 283 cm³/mol. The molecule has 2 atom stereocenters. The molecule has 0 aliphatic heterocycles. The average Bonchev–Trinajstić information content (AvgIpc) is 3.31. The van der Waals surface area contributed by atoms with Crippen molar-refractivity contribution in [3.63, 3.8) is 0 Å². The summed E-state index contributed by atoms with van der Waals surface area (Å²) in [5.74, 6) is -0.0495. The molecule has 0 radical (unpaired) electrons. The van der Waals surface area contributed by atoms with Crippen molar-refractivity contribution in [1.29, 1.82) is 0 Å². The first-order valence-corrected chi connectivity index (χ1v) is 28.7. The van der Waals surface area contributed by atoms with E-state index < -0.39 is 12.1 Å². The molecule has 0 aromatic rings. The van der Waals surface area contributed by atoms with Gasteiger partial charge in [0, 0.05) is 12.8 Å². The smallest absolute Gasteiger partial charge is 0.305 e. The maximum Gasteiger partial charge on any atom is 0.305 e. The summed E-state index contributed by atoms with van der Waals surface area (Å²) >= 11 is 0. The third-order valence-electron chi connectivity index (χ3n) is 13.2. The van der Waals surface area contributed by atoms with Crippen molar-refractivity contribution in [2.75, 3.05) is 13.2 Å². The van der Waals surface area contributed by atoms with Gasteiger partial charge in [-0.3, -0.25) is 9.59 Å². The number of carbonyl (C=O) groups is 2. The first-order chi connectivity index (χ1) is 32.0. The number of hydrogen-bond acceptors (Lipinski definition) is 5. The van der Waals surface area contributed by atoms with Crippen LogP contribution in [0.25, 0.3) is 0 Å². The summed E-state index contributed by atoms with van der Waals surface area (Å²) in [6, 6.07) is -0.549. The molecule has 0 fully saturated rings. The minimum Gasteiger partial charge on any atom is -0.466 e. The van der Waals surface area contributed by atoms with Gasteiger partial charge in [0.05, 0.1) is 25.4 Å². The van der Waals surface area contributed by atoms with Crippen LogP contribution < -0.4 is 5.32 Å². The molecule has 3 N–H and O–H groups in total. The van der Waals surface area contributed by atoms with E-state index >= 15 is 0 Å². The van der Waals surface area contributed by atoms with Gasteiger partial charge in [-0.15, -0.1) is 0 Å². The van der Waals surface area contributed by atoms with Gasteiger partial charge in [-0.1, -0.05) is 249 Å². The topological polar surface area (TPSA) is 95.9 Å². The van der Waals surface area contributed by atoms with E-state index in [4.69, 9.17) is 4.74 Å². The molecule has 0 saturated carbocycles. The van der Waals surface area contributed by atoms with E-state index in [-0.39, 0.29) is 18.5 Å². The fraction of sp³-hybridized carbons (Fsp3) is 0.864. The van der Waals surface area contributed by atoms with Crippen LogP contribution in [0, 0.1) is 0 Å². The zero-order valence-corrected chi connectivity index (χ0v) is 43.5. The van der Waals surface area contributed by atoms with Gasteiger partial charge in [0.25, 0.3) is 0 Å². The standard InChI is InChI=1S/C59H111NO5/c1-3-5-7-9-11-13-15-16-28-32-35-39-43-47-51-57(62)56(55-61)60-58(63)52-48-44-40-36-33-29-26-24-22-20-18-17-19-21-23-25-27-30-34-38-42-46-50-54-65-59(64)53-49-45-41-37-31-14-12-10-8-6-4-2/h10,12,17,19-20,22,56-57,61-62H,3-9,11,13-16,18,21,23-55H2,1-2H3,(H,60,63)/b12-10-,19-17-,22-20-. The zero-order chi connectivity index (χ0) is 47.2. The summed E-state index contributed by atoms with van der Waals surface area (Å²) in [6.45, 7) is 4.91. The number of carbonyl (C=O) groups excluding carboxylic acids is 2. The van der Waals surface area contributed by atoms with Crippen molar-refractivity contribution in [3.05, 3.63) is 36.5 Å². The van der Waals surface area contributed by atoms with Crippen molar-refractivity contribution in [2.24, 2.45) is 0 Å². The fourth-order valence-corrected chi connectivity index (χ4v) is 8.71. The second-order valence-electron chi connectivity index (χ2n) is 19.6. The van der Waals surface area contributed by atoms with E-state index in [0.717, 1.165) is 57.8 Å². The van der Waals surface area contributed by atoms with E-state index in [1.807, 2.05) is 0 Å². The summed E-state index contributed by atoms with van der Waals surface area (Å²) in [4.78, 5) is 24.4. The molecule has 1 amide bonds. The van der Waals surface area contributed by atoms with Gasteiger partial charge in [-0.2, -0.15) is 0 Å². The highest BCUT2D eigenvalue weighted by atomic mass is 16.5. The monoisotopic (exact) mass is 914 g/mol. The van der Waals surface area contributed by atoms with Crippen LogP contribution >= 0.6 is 0 Å². The molecule has 0 rings (SSSR count). The molecule has 0 aliphatic carbocycles. The van der Waals surface area contributed by atoms with E-state index in [9.17, 15) is 19.8 Å². The quantitative estimate of drug-likeness (QED) is 0.0321. The first-order valence-electron chi connectivity index (χ1n) is 28.7. The van der Waals surface area contributed by atoms with Crippen LogP contribution in [0.2, 0.25) is 0 Å². The van der Waals surface area contributed by atoms with Gasteiger partial charge in [0.2, 0.25) is 5.91 Å². The van der Waals surface area contributed by atoms with Gasteiger partial charge in [-0.05, 0) is 77.0 Å². The summed E-state index contributed by atoms with van der Waals surface area (Å²) in [7, 11) is 0. The number of aliphatic hydroxyl groups excluding tert-OH is 2. The second kappa shape index (κ2) is 54.7. The molecular weight excluding hydrogens is 803 g/mol. The molecular formula is C59H111NO5. The van der Waals surface area contributed by atoms with E-state index in [1.165, 1.54) is 212 Å². The van der Waals surface area contributed by atoms with Crippen LogP contribution in [0.4, 0.5) is 0 Å². The average molecular weight is 915 g/mol. The molecule has 6 heteroatoms. The number of aliphatic hydroxyl groups is 2. The summed E-state index contributed by atoms with van der Waals surface area (Å²) in [6.07, 6.45) is 67.1. The minimum atomic E-state index is -0.670. The van der Waals surface area contributed by atoms with Crippen LogP contribution in [-0.2, 0) is 14.3 Å². The second-order valence-corrected chi connectivity index (χ2v) is 19.6. The van der Waals surface area contributed by atoms with Crippen LogP contribution in [0.15, 0.2) is 36.5 Å². The van der Waals surface area contributed by atoms with Gasteiger partial charge in [0.1, 0.15) is 0 Å². The number of nitrogens with one attached hydrogen (secondary N) is 1. The molecule has 0 spiro atoms. The SMILES string of the molecule is CCCC/C=C\CCCCCCCC(=O)OCCCCCCCCCCC/C=C\C/C=C\CCCCCCCCCC(=O)NC(CO)C(O)CCCCCCCCCCCCCCCC. The van der Waals surface area contributed by atoms with Crippen LogP contribution in [-0.4, -0.2) is 47.4 Å². The van der Waals surface area contributed by atoms with Crippen LogP contribution in [0.3, 0.4) is 0 Å². The van der Waals surface area contributed by atoms with E-state index in [2.05, 4.69) is 55.6 Å². The molecule has 382 valence electrons. The van der Waals surface area contributed by atoms with E-state index in [0.29, 0.717) is 25.9 Å². The maximum absolute atomic E-state index is 12.5. The number of unbranched alkanes of at least 4 members (excludes halogenated alkanes) is 36. The molecule has 2 unspecified atom stereocenters. The first kappa shape index (κ1) is 63.1. The molecule has 0 bridgehead atoms. The van der Waals surface area contributed by atoms with Crippen molar-refractivity contribution in [1.82, 2.24) is 5.32 Å². The number of allylic oxidation sites excluding steroid dienone is 6. The van der Waals surface area contributed by atoms with Crippen LogP contribution in [0.1, 0.15) is 303 Å². The highest BCUT2D eigenvalue weighted by Gasteiger charge is 2.20. The summed E-state index contributed by atoms with van der Waals surface area (Å²) in [5, 5.41) is 23.2. The van der Waals surface area contributed by atoms with Crippen LogP contribution in [0.5, 0.6) is 0 Å². The molecule has 0 aliphatic rings. The van der Waals surface area contributed by atoms with Crippen molar-refractivity contribution in [3.8, 4) is 0 Å². The number of rotatable bonds is 53. The number of hydrogen-bond donors (Lipinski definition) is 3. The fourth-order valence-electron chi connectivity index (χ4n) is 8.71. The molecule has 0 saturated heterocycles. The summed E-state index contributed by atoms with van der Waals surface area (Å²) < 4.78 is 5.45. The van der Waals surface area contributed by atoms with Crippen molar-refractivity contribution >= 4 is 11.9 Å². The maximum atomic E-state index is 12.5. The molecule has 0 heterocycles. The predicted octanol–water partition coefficient (Wildman–Crippen LogP) is 17.6. The third-order valence-corrected chi connectivity index (χ3v) is 13.2. The lowest BCUT2D eigenvalue weighted by Gasteiger charge is -2.22. The van der Waals surface area contributed by atoms with Gasteiger partial charge in [-0.25, -0.2) is 0 Å². The van der Waals surface area contributed by atoms with E-state index in [1.54, 1.807) is 0 Å². The minimum absolute atomic E-state index is 0.00436. The Bertz CT molecular complexity index is 1060. The number of esters is 1. The number of ether oxygens (including phenoxy) is 1. The Kier molecular flexibility index (Phi) is 53.1.